The van der Waals surface area contributed by atoms with E-state index in [0.29, 0.717) is 16.6 Å². The highest BCUT2D eigenvalue weighted by atomic mass is 79.9. The summed E-state index contributed by atoms with van der Waals surface area (Å²) in [4.78, 5) is 12.1. The minimum absolute atomic E-state index is 0.254. The minimum Gasteiger partial charge on any atom is -0.351 e. The molecule has 0 aromatic heterocycles. The van der Waals surface area contributed by atoms with E-state index < -0.39 is 5.82 Å². The summed E-state index contributed by atoms with van der Waals surface area (Å²) >= 11 is 6.70. The number of carbonyl (C=O) groups excluding carboxylic acids is 1. The lowest BCUT2D eigenvalue weighted by molar-refractivity contribution is 0.0952. The average Bonchev–Trinajstić information content (AvgIpc) is 2.29. The van der Waals surface area contributed by atoms with Gasteiger partial charge in [-0.15, -0.1) is 0 Å². The SMILES string of the molecule is CCCC(Br)CNC(=O)c1cc(F)ccc1Br. The van der Waals surface area contributed by atoms with Crippen molar-refractivity contribution in [1.29, 1.82) is 0 Å². The molecule has 0 aliphatic carbocycles. The normalized spacial score (nSPS) is 12.2. The third-order valence-electron chi connectivity index (χ3n) is 2.26. The first-order valence-corrected chi connectivity index (χ1v) is 7.12. The molecule has 94 valence electrons. The van der Waals surface area contributed by atoms with Crippen LogP contribution in [-0.4, -0.2) is 17.3 Å². The summed E-state index contributed by atoms with van der Waals surface area (Å²) in [5.74, 6) is -0.681. The molecule has 0 fully saturated rings. The van der Waals surface area contributed by atoms with Gasteiger partial charge in [-0.1, -0.05) is 29.3 Å². The number of alkyl halides is 1. The van der Waals surface area contributed by atoms with Crippen molar-refractivity contribution in [3.63, 3.8) is 0 Å². The summed E-state index contributed by atoms with van der Waals surface area (Å²) in [5.41, 5.74) is 0.321. The summed E-state index contributed by atoms with van der Waals surface area (Å²) in [7, 11) is 0. The fourth-order valence-electron chi connectivity index (χ4n) is 1.39. The van der Waals surface area contributed by atoms with Crippen LogP contribution in [0, 0.1) is 5.82 Å². The molecule has 2 nitrogen and oxygen atoms in total. The third-order valence-corrected chi connectivity index (χ3v) is 3.73. The van der Waals surface area contributed by atoms with E-state index in [2.05, 4.69) is 44.1 Å². The molecule has 1 aromatic rings. The number of halogens is 3. The highest BCUT2D eigenvalue weighted by molar-refractivity contribution is 9.10. The van der Waals surface area contributed by atoms with Crippen molar-refractivity contribution in [1.82, 2.24) is 5.32 Å². The highest BCUT2D eigenvalue weighted by Crippen LogP contribution is 2.17. The monoisotopic (exact) mass is 365 g/mol. The van der Waals surface area contributed by atoms with Gasteiger partial charge in [0, 0.05) is 15.8 Å². The van der Waals surface area contributed by atoms with Gasteiger partial charge in [-0.3, -0.25) is 4.79 Å². The number of amides is 1. The van der Waals surface area contributed by atoms with Crippen LogP contribution < -0.4 is 5.32 Å². The molecule has 0 aliphatic rings. The summed E-state index contributed by atoms with van der Waals surface area (Å²) in [6.45, 7) is 2.62. The molecule has 1 N–H and O–H groups in total. The van der Waals surface area contributed by atoms with Crippen molar-refractivity contribution in [2.24, 2.45) is 0 Å². The van der Waals surface area contributed by atoms with E-state index in [1.54, 1.807) is 0 Å². The van der Waals surface area contributed by atoms with Gasteiger partial charge in [0.1, 0.15) is 5.82 Å². The van der Waals surface area contributed by atoms with E-state index in [1.807, 2.05) is 0 Å². The zero-order valence-corrected chi connectivity index (χ0v) is 12.6. The largest absolute Gasteiger partial charge is 0.351 e. The molecule has 0 saturated carbocycles. The fraction of sp³-hybridized carbons (Fsp3) is 0.417. The first-order valence-electron chi connectivity index (χ1n) is 5.42. The molecule has 0 aliphatic heterocycles. The van der Waals surface area contributed by atoms with E-state index >= 15 is 0 Å². The zero-order chi connectivity index (χ0) is 12.8. The molecule has 0 radical (unpaired) electrons. The van der Waals surface area contributed by atoms with Crippen LogP contribution in [0.15, 0.2) is 22.7 Å². The van der Waals surface area contributed by atoms with Gasteiger partial charge in [0.15, 0.2) is 0 Å². The number of rotatable bonds is 5. The van der Waals surface area contributed by atoms with Gasteiger partial charge in [0.05, 0.1) is 5.56 Å². The lowest BCUT2D eigenvalue weighted by Gasteiger charge is -2.11. The summed E-state index contributed by atoms with van der Waals surface area (Å²) in [6.07, 6.45) is 2.04. The van der Waals surface area contributed by atoms with Gasteiger partial charge in [-0.2, -0.15) is 0 Å². The van der Waals surface area contributed by atoms with Gasteiger partial charge < -0.3 is 5.32 Å². The molecule has 1 unspecified atom stereocenters. The van der Waals surface area contributed by atoms with Crippen LogP contribution >= 0.6 is 31.9 Å². The predicted octanol–water partition coefficient (Wildman–Crippen LogP) is 3.88. The van der Waals surface area contributed by atoms with E-state index in [4.69, 9.17) is 0 Å². The first-order chi connectivity index (χ1) is 8.04. The van der Waals surface area contributed by atoms with Gasteiger partial charge >= 0.3 is 0 Å². The second-order valence-corrected chi connectivity index (χ2v) is 5.87. The summed E-state index contributed by atoms with van der Waals surface area (Å²) in [5, 5.41) is 2.77. The first kappa shape index (κ1) is 14.6. The van der Waals surface area contributed by atoms with Crippen molar-refractivity contribution in [2.75, 3.05) is 6.54 Å². The molecule has 1 rings (SSSR count). The molecule has 0 saturated heterocycles. The second-order valence-electron chi connectivity index (χ2n) is 3.72. The van der Waals surface area contributed by atoms with Crippen LogP contribution in [0.1, 0.15) is 30.1 Å². The maximum absolute atomic E-state index is 13.0. The molecule has 1 amide bonds. The van der Waals surface area contributed by atoms with Crippen LogP contribution in [0.2, 0.25) is 0 Å². The van der Waals surface area contributed by atoms with Crippen LogP contribution in [0.5, 0.6) is 0 Å². The van der Waals surface area contributed by atoms with E-state index in [1.165, 1.54) is 18.2 Å². The van der Waals surface area contributed by atoms with Crippen molar-refractivity contribution in [2.45, 2.75) is 24.6 Å². The van der Waals surface area contributed by atoms with Crippen LogP contribution in [0.4, 0.5) is 4.39 Å². The van der Waals surface area contributed by atoms with Gasteiger partial charge in [0.25, 0.3) is 5.91 Å². The van der Waals surface area contributed by atoms with E-state index in [0.717, 1.165) is 12.8 Å². The van der Waals surface area contributed by atoms with Crippen molar-refractivity contribution in [3.05, 3.63) is 34.1 Å². The fourth-order valence-corrected chi connectivity index (χ4v) is 2.43. The molecule has 0 bridgehead atoms. The number of benzene rings is 1. The van der Waals surface area contributed by atoms with Crippen LogP contribution in [-0.2, 0) is 0 Å². The minimum atomic E-state index is -0.415. The summed E-state index contributed by atoms with van der Waals surface area (Å²) < 4.78 is 13.6. The molecule has 5 heteroatoms. The molecule has 17 heavy (non-hydrogen) atoms. The van der Waals surface area contributed by atoms with Crippen molar-refractivity contribution in [3.8, 4) is 0 Å². The molecule has 0 heterocycles. The van der Waals surface area contributed by atoms with Gasteiger partial charge in [-0.05, 0) is 40.5 Å². The van der Waals surface area contributed by atoms with Gasteiger partial charge in [0.2, 0.25) is 0 Å². The predicted molar refractivity (Wildman–Crippen MR) is 74.1 cm³/mol. The Kier molecular flexibility index (Phi) is 6.12. The third kappa shape index (κ3) is 4.76. The molecular weight excluding hydrogens is 353 g/mol. The molecule has 1 aromatic carbocycles. The van der Waals surface area contributed by atoms with Crippen molar-refractivity contribution >= 4 is 37.8 Å². The van der Waals surface area contributed by atoms with E-state index in [9.17, 15) is 9.18 Å². The quantitative estimate of drug-likeness (QED) is 0.787. The Labute approximate surface area is 117 Å². The Morgan fingerprint density at radius 2 is 2.24 bits per heavy atom. The number of hydrogen-bond acceptors (Lipinski definition) is 1. The Morgan fingerprint density at radius 3 is 2.88 bits per heavy atom. The molecule has 1 atom stereocenters. The Bertz CT molecular complexity index is 398. The smallest absolute Gasteiger partial charge is 0.252 e. The number of nitrogens with one attached hydrogen (secondary N) is 1. The van der Waals surface area contributed by atoms with E-state index in [-0.39, 0.29) is 10.7 Å². The number of hydrogen-bond donors (Lipinski definition) is 1. The topological polar surface area (TPSA) is 29.1 Å². The van der Waals surface area contributed by atoms with Gasteiger partial charge in [-0.25, -0.2) is 4.39 Å². The van der Waals surface area contributed by atoms with Crippen LogP contribution in [0.25, 0.3) is 0 Å². The van der Waals surface area contributed by atoms with Crippen molar-refractivity contribution < 1.29 is 9.18 Å². The molecular formula is C12H14Br2FNO. The standard InChI is InChI=1S/C12H14Br2FNO/c1-2-3-8(13)7-16-12(17)10-6-9(15)4-5-11(10)14/h4-6,8H,2-3,7H2,1H3,(H,16,17). The Morgan fingerprint density at radius 1 is 1.53 bits per heavy atom. The lowest BCUT2D eigenvalue weighted by atomic mass is 10.2. The summed E-state index contributed by atoms with van der Waals surface area (Å²) in [6, 6.07) is 4.07. The number of carbonyl (C=O) groups is 1. The Balaban J connectivity index is 2.61. The second kappa shape index (κ2) is 7.11. The van der Waals surface area contributed by atoms with Crippen LogP contribution in [0.3, 0.4) is 0 Å². The zero-order valence-electron chi connectivity index (χ0n) is 9.47. The molecule has 0 spiro atoms. The highest BCUT2D eigenvalue weighted by Gasteiger charge is 2.12. The lowest BCUT2D eigenvalue weighted by Crippen LogP contribution is -2.29. The maximum Gasteiger partial charge on any atom is 0.252 e. The maximum atomic E-state index is 13.0. The Hall–Kier alpha value is -0.420. The average molecular weight is 367 g/mol.